The van der Waals surface area contributed by atoms with Crippen LogP contribution in [0.4, 0.5) is 5.69 Å². The number of thioether (sulfide) groups is 1. The summed E-state index contributed by atoms with van der Waals surface area (Å²) in [4.78, 5) is 6.80. The molecule has 1 N–H and O–H groups in total. The summed E-state index contributed by atoms with van der Waals surface area (Å²) in [6, 6.07) is 12.2. The van der Waals surface area contributed by atoms with E-state index in [-0.39, 0.29) is 4.90 Å². The van der Waals surface area contributed by atoms with E-state index in [1.54, 1.807) is 49.0 Å². The van der Waals surface area contributed by atoms with Crippen LogP contribution in [0.2, 0.25) is 5.02 Å². The summed E-state index contributed by atoms with van der Waals surface area (Å²) in [7, 11) is -3.70. The van der Waals surface area contributed by atoms with Crippen LogP contribution in [0, 0.1) is 6.92 Å². The van der Waals surface area contributed by atoms with Gasteiger partial charge in [0.25, 0.3) is 10.0 Å². The molecule has 0 saturated heterocycles. The van der Waals surface area contributed by atoms with Crippen LogP contribution in [0.3, 0.4) is 0 Å². The summed E-state index contributed by atoms with van der Waals surface area (Å²) in [5.41, 5.74) is 3.18. The SMILES string of the molecule is Cc1c(Cl)cccc1S(=O)(=O)Nc1ccc(C2=CSC3=NCCN23)cc1. The predicted molar refractivity (Wildman–Crippen MR) is 108 cm³/mol. The van der Waals surface area contributed by atoms with E-state index in [2.05, 4.69) is 20.0 Å². The Morgan fingerprint density at radius 1 is 1.19 bits per heavy atom. The largest absolute Gasteiger partial charge is 0.318 e. The number of hydrogen-bond acceptors (Lipinski definition) is 5. The van der Waals surface area contributed by atoms with Gasteiger partial charge in [0.05, 0.1) is 17.1 Å². The highest BCUT2D eigenvalue weighted by atomic mass is 35.5. The van der Waals surface area contributed by atoms with E-state index in [1.165, 1.54) is 0 Å². The van der Waals surface area contributed by atoms with Crippen LogP contribution in [-0.2, 0) is 10.0 Å². The van der Waals surface area contributed by atoms with Gasteiger partial charge in [-0.1, -0.05) is 41.6 Å². The smallest absolute Gasteiger partial charge is 0.262 e. The molecule has 2 aromatic rings. The van der Waals surface area contributed by atoms with Crippen molar-refractivity contribution in [2.45, 2.75) is 11.8 Å². The molecule has 0 atom stereocenters. The maximum atomic E-state index is 12.7. The van der Waals surface area contributed by atoms with Crippen molar-refractivity contribution in [3.8, 4) is 0 Å². The maximum Gasteiger partial charge on any atom is 0.262 e. The fraction of sp³-hybridized carbons (Fsp3) is 0.167. The molecule has 0 unspecified atom stereocenters. The second kappa shape index (κ2) is 6.64. The topological polar surface area (TPSA) is 61.8 Å². The van der Waals surface area contributed by atoms with Crippen molar-refractivity contribution in [2.75, 3.05) is 17.8 Å². The number of halogens is 1. The van der Waals surface area contributed by atoms with Crippen molar-refractivity contribution in [1.29, 1.82) is 0 Å². The fourth-order valence-electron chi connectivity index (χ4n) is 2.95. The number of hydrogen-bond donors (Lipinski definition) is 1. The Hall–Kier alpha value is -1.96. The molecule has 0 spiro atoms. The third kappa shape index (κ3) is 3.11. The highest BCUT2D eigenvalue weighted by Crippen LogP contribution is 2.35. The van der Waals surface area contributed by atoms with Gasteiger partial charge in [-0.05, 0) is 42.3 Å². The molecule has 0 fully saturated rings. The van der Waals surface area contributed by atoms with Crippen LogP contribution >= 0.6 is 23.4 Å². The number of nitrogens with one attached hydrogen (secondary N) is 1. The van der Waals surface area contributed by atoms with E-state index >= 15 is 0 Å². The van der Waals surface area contributed by atoms with Crippen molar-refractivity contribution >= 4 is 49.9 Å². The first kappa shape index (κ1) is 17.5. The number of amidine groups is 1. The van der Waals surface area contributed by atoms with E-state index in [4.69, 9.17) is 11.6 Å². The summed E-state index contributed by atoms with van der Waals surface area (Å²) < 4.78 is 27.9. The van der Waals surface area contributed by atoms with Gasteiger partial charge in [-0.2, -0.15) is 0 Å². The second-order valence-electron chi connectivity index (χ2n) is 5.98. The van der Waals surface area contributed by atoms with Gasteiger partial charge in [-0.3, -0.25) is 9.71 Å². The Morgan fingerprint density at radius 2 is 1.96 bits per heavy atom. The highest BCUT2D eigenvalue weighted by molar-refractivity contribution is 8.16. The standard InChI is InChI=1S/C18H16ClN3O2S2/c1-12-15(19)3-2-4-17(12)26(23,24)21-14-7-5-13(6-8-14)16-11-25-18-20-9-10-22(16)18/h2-8,11,21H,9-10H2,1H3. The van der Waals surface area contributed by atoms with Gasteiger partial charge < -0.3 is 4.90 Å². The number of benzene rings is 2. The molecule has 134 valence electrons. The minimum Gasteiger partial charge on any atom is -0.318 e. The molecule has 0 saturated carbocycles. The average molecular weight is 406 g/mol. The zero-order valence-electron chi connectivity index (χ0n) is 13.9. The van der Waals surface area contributed by atoms with E-state index in [0.29, 0.717) is 16.3 Å². The van der Waals surface area contributed by atoms with Crippen LogP contribution in [0.15, 0.2) is 57.8 Å². The third-order valence-corrected chi connectivity index (χ3v) is 7.15. The minimum absolute atomic E-state index is 0.182. The summed E-state index contributed by atoms with van der Waals surface area (Å²) in [5, 5.41) is 3.53. The number of anilines is 1. The maximum absolute atomic E-state index is 12.7. The molecule has 4 rings (SSSR count). The molecule has 8 heteroatoms. The van der Waals surface area contributed by atoms with Gasteiger partial charge in [-0.15, -0.1) is 0 Å². The molecular formula is C18H16ClN3O2S2. The van der Waals surface area contributed by atoms with E-state index in [9.17, 15) is 8.42 Å². The first-order valence-electron chi connectivity index (χ1n) is 8.03. The number of nitrogens with zero attached hydrogens (tertiary/aromatic N) is 2. The van der Waals surface area contributed by atoms with Crippen LogP contribution in [0.5, 0.6) is 0 Å². The Morgan fingerprint density at radius 3 is 2.73 bits per heavy atom. The van der Waals surface area contributed by atoms with E-state index in [1.807, 2.05) is 12.1 Å². The fourth-order valence-corrected chi connectivity index (χ4v) is 5.47. The molecule has 2 aromatic carbocycles. The van der Waals surface area contributed by atoms with Crippen LogP contribution in [-0.4, -0.2) is 31.6 Å². The molecule has 0 aromatic heterocycles. The normalized spacial score (nSPS) is 16.3. The zero-order chi connectivity index (χ0) is 18.3. The van der Waals surface area contributed by atoms with E-state index in [0.717, 1.165) is 29.5 Å². The van der Waals surface area contributed by atoms with Crippen molar-refractivity contribution in [3.63, 3.8) is 0 Å². The molecule has 0 radical (unpaired) electrons. The van der Waals surface area contributed by atoms with E-state index < -0.39 is 10.0 Å². The molecule has 0 bridgehead atoms. The lowest BCUT2D eigenvalue weighted by Crippen LogP contribution is -2.19. The van der Waals surface area contributed by atoms with Gasteiger partial charge in [0.2, 0.25) is 0 Å². The van der Waals surface area contributed by atoms with Crippen molar-refractivity contribution in [3.05, 3.63) is 64.0 Å². The number of rotatable bonds is 4. The van der Waals surface area contributed by atoms with Gasteiger partial charge >= 0.3 is 0 Å². The lowest BCUT2D eigenvalue weighted by Gasteiger charge is -2.17. The van der Waals surface area contributed by atoms with Crippen LogP contribution < -0.4 is 4.72 Å². The summed E-state index contributed by atoms with van der Waals surface area (Å²) in [6.07, 6.45) is 0. The predicted octanol–water partition coefficient (Wildman–Crippen LogP) is 4.17. The van der Waals surface area contributed by atoms with Gasteiger partial charge in [0, 0.05) is 22.7 Å². The van der Waals surface area contributed by atoms with Gasteiger partial charge in [-0.25, -0.2) is 8.42 Å². The minimum atomic E-state index is -3.70. The quantitative estimate of drug-likeness (QED) is 0.829. The van der Waals surface area contributed by atoms with Crippen molar-refractivity contribution in [1.82, 2.24) is 4.90 Å². The number of aliphatic imine (C=N–C) groups is 1. The molecular weight excluding hydrogens is 390 g/mol. The van der Waals surface area contributed by atoms with Crippen molar-refractivity contribution < 1.29 is 8.42 Å². The lowest BCUT2D eigenvalue weighted by atomic mass is 10.1. The second-order valence-corrected chi connectivity index (χ2v) is 8.88. The Labute approximate surface area is 161 Å². The molecule has 2 aliphatic rings. The van der Waals surface area contributed by atoms with Crippen LogP contribution in [0.1, 0.15) is 11.1 Å². The summed E-state index contributed by atoms with van der Waals surface area (Å²) >= 11 is 7.67. The highest BCUT2D eigenvalue weighted by Gasteiger charge is 2.27. The molecule has 0 aliphatic carbocycles. The average Bonchev–Trinajstić information content (AvgIpc) is 3.21. The molecule has 5 nitrogen and oxygen atoms in total. The van der Waals surface area contributed by atoms with Crippen LogP contribution in [0.25, 0.3) is 5.70 Å². The van der Waals surface area contributed by atoms with Gasteiger partial charge in [0.1, 0.15) is 0 Å². The first-order chi connectivity index (χ1) is 12.5. The third-order valence-electron chi connectivity index (χ3n) is 4.31. The monoisotopic (exact) mass is 405 g/mol. The molecule has 0 amide bonds. The zero-order valence-corrected chi connectivity index (χ0v) is 16.3. The molecule has 2 aliphatic heterocycles. The lowest BCUT2D eigenvalue weighted by molar-refractivity contribution is 0.600. The number of sulfonamides is 1. The Kier molecular flexibility index (Phi) is 4.46. The number of fused-ring (bicyclic) bond motifs is 1. The Bertz CT molecular complexity index is 1030. The van der Waals surface area contributed by atoms with Crippen molar-refractivity contribution in [2.24, 2.45) is 4.99 Å². The van der Waals surface area contributed by atoms with Gasteiger partial charge in [0.15, 0.2) is 5.17 Å². The molecule has 26 heavy (non-hydrogen) atoms. The Balaban J connectivity index is 1.56. The summed E-state index contributed by atoms with van der Waals surface area (Å²) in [5.74, 6) is 0. The first-order valence-corrected chi connectivity index (χ1v) is 10.8. The summed E-state index contributed by atoms with van der Waals surface area (Å²) in [6.45, 7) is 3.40. The molecule has 2 heterocycles.